The van der Waals surface area contributed by atoms with Crippen molar-refractivity contribution in [2.24, 2.45) is 0 Å². The molecule has 0 unspecified atom stereocenters. The van der Waals surface area contributed by atoms with Crippen molar-refractivity contribution in [2.75, 3.05) is 19.8 Å². The number of aromatic nitrogens is 3. The number of aryl methyl sites for hydroxylation is 2. The summed E-state index contributed by atoms with van der Waals surface area (Å²) in [6.07, 6.45) is 4.61. The van der Waals surface area contributed by atoms with Crippen molar-refractivity contribution in [1.82, 2.24) is 14.5 Å². The third-order valence-corrected chi connectivity index (χ3v) is 5.93. The Morgan fingerprint density at radius 2 is 2.10 bits per heavy atom. The number of hydrogen-bond acceptors (Lipinski definition) is 4. The molecule has 0 aliphatic carbocycles. The van der Waals surface area contributed by atoms with Crippen LogP contribution in [0.2, 0.25) is 0 Å². The monoisotopic (exact) mass is 412 g/mol. The summed E-state index contributed by atoms with van der Waals surface area (Å²) in [5.41, 5.74) is 2.31. The second kappa shape index (κ2) is 8.87. The normalized spacial score (nSPS) is 15.1. The number of amides is 1. The van der Waals surface area contributed by atoms with Gasteiger partial charge in [-0.15, -0.1) is 0 Å². The number of fused-ring (bicyclic) bond motifs is 3. The highest BCUT2D eigenvalue weighted by Crippen LogP contribution is 2.25. The fourth-order valence-corrected chi connectivity index (χ4v) is 4.43. The number of benzene rings is 1. The lowest BCUT2D eigenvalue weighted by atomic mass is 10.1. The molecule has 1 aromatic carbocycles. The summed E-state index contributed by atoms with van der Waals surface area (Å²) in [6.45, 7) is 4.58. The number of unbranched alkanes of at least 4 members (excludes halogenated alkanes) is 1. The Morgan fingerprint density at radius 1 is 1.33 bits per heavy atom. The minimum Gasteiger partial charge on any atom is -0.618 e. The Hall–Kier alpha value is -2.87. The van der Waals surface area contributed by atoms with E-state index in [9.17, 15) is 15.1 Å². The summed E-state index contributed by atoms with van der Waals surface area (Å²) in [7, 11) is 0. The quantitative estimate of drug-likeness (QED) is 0.365. The molecular weight excluding hydrogens is 384 g/mol. The largest absolute Gasteiger partial charge is 0.618 e. The summed E-state index contributed by atoms with van der Waals surface area (Å²) in [5, 5.41) is 22.9. The number of hydrogen-bond donors (Lipinski definition) is 1. The Labute approximate surface area is 175 Å². The SMILES string of the molecule is CCc1nc2c[n+]([O-])c3ccccc3c2n1CCCCN(C(=O)O)C1CCOCC1. The van der Waals surface area contributed by atoms with Crippen LogP contribution in [-0.2, 0) is 17.7 Å². The predicted octanol–water partition coefficient (Wildman–Crippen LogP) is 3.32. The van der Waals surface area contributed by atoms with Gasteiger partial charge >= 0.3 is 6.09 Å². The first-order chi connectivity index (χ1) is 14.6. The van der Waals surface area contributed by atoms with Crippen LogP contribution in [0.4, 0.5) is 4.79 Å². The van der Waals surface area contributed by atoms with Gasteiger partial charge in [0.15, 0.2) is 5.52 Å². The molecule has 160 valence electrons. The van der Waals surface area contributed by atoms with Crippen LogP contribution in [0.15, 0.2) is 30.5 Å². The molecule has 0 radical (unpaired) electrons. The summed E-state index contributed by atoms with van der Waals surface area (Å²) in [6, 6.07) is 7.63. The maximum atomic E-state index is 12.3. The van der Waals surface area contributed by atoms with Gasteiger partial charge in [-0.3, -0.25) is 0 Å². The maximum Gasteiger partial charge on any atom is 0.407 e. The second-order valence-corrected chi connectivity index (χ2v) is 7.77. The van der Waals surface area contributed by atoms with Crippen LogP contribution in [0.5, 0.6) is 0 Å². The van der Waals surface area contributed by atoms with Crippen molar-refractivity contribution < 1.29 is 19.4 Å². The van der Waals surface area contributed by atoms with Gasteiger partial charge in [-0.25, -0.2) is 9.78 Å². The average molecular weight is 412 g/mol. The van der Waals surface area contributed by atoms with Crippen molar-refractivity contribution >= 4 is 28.0 Å². The molecular formula is C22H28N4O4. The van der Waals surface area contributed by atoms with Crippen LogP contribution < -0.4 is 4.73 Å². The van der Waals surface area contributed by atoms with Gasteiger partial charge in [0, 0.05) is 44.8 Å². The van der Waals surface area contributed by atoms with E-state index in [0.29, 0.717) is 30.8 Å². The first kappa shape index (κ1) is 20.4. The molecule has 3 heterocycles. The Balaban J connectivity index is 1.52. The number of rotatable bonds is 7. The summed E-state index contributed by atoms with van der Waals surface area (Å²) >= 11 is 0. The van der Waals surface area contributed by atoms with Gasteiger partial charge in [0.1, 0.15) is 5.82 Å². The van der Waals surface area contributed by atoms with E-state index < -0.39 is 6.09 Å². The van der Waals surface area contributed by atoms with E-state index in [0.717, 1.165) is 60.1 Å². The first-order valence-electron chi connectivity index (χ1n) is 10.7. The molecule has 1 amide bonds. The number of nitrogens with zero attached hydrogens (tertiary/aromatic N) is 4. The third kappa shape index (κ3) is 3.92. The molecule has 8 nitrogen and oxygen atoms in total. The van der Waals surface area contributed by atoms with E-state index in [2.05, 4.69) is 16.5 Å². The first-order valence-corrected chi connectivity index (χ1v) is 10.7. The highest BCUT2D eigenvalue weighted by atomic mass is 16.5. The van der Waals surface area contributed by atoms with E-state index in [1.54, 1.807) is 11.1 Å². The number of ether oxygens (including phenoxy) is 1. The Morgan fingerprint density at radius 3 is 2.83 bits per heavy atom. The lowest BCUT2D eigenvalue weighted by Crippen LogP contribution is -2.43. The number of para-hydroxylation sites is 1. The molecule has 30 heavy (non-hydrogen) atoms. The summed E-state index contributed by atoms with van der Waals surface area (Å²) in [4.78, 5) is 18.0. The zero-order valence-electron chi connectivity index (χ0n) is 17.3. The lowest BCUT2D eigenvalue weighted by molar-refractivity contribution is -0.575. The fourth-order valence-electron chi connectivity index (χ4n) is 4.43. The van der Waals surface area contributed by atoms with Crippen LogP contribution in [0, 0.1) is 5.21 Å². The van der Waals surface area contributed by atoms with E-state index in [-0.39, 0.29) is 6.04 Å². The number of carbonyl (C=O) groups is 1. The summed E-state index contributed by atoms with van der Waals surface area (Å²) in [5.74, 6) is 0.945. The van der Waals surface area contributed by atoms with Crippen molar-refractivity contribution in [1.29, 1.82) is 0 Å². The fraction of sp³-hybridized carbons (Fsp3) is 0.500. The van der Waals surface area contributed by atoms with E-state index in [4.69, 9.17) is 4.74 Å². The van der Waals surface area contributed by atoms with Crippen molar-refractivity contribution in [2.45, 2.75) is 51.6 Å². The van der Waals surface area contributed by atoms with Crippen LogP contribution in [0.25, 0.3) is 21.9 Å². The minimum atomic E-state index is -0.852. The summed E-state index contributed by atoms with van der Waals surface area (Å²) < 4.78 is 8.43. The van der Waals surface area contributed by atoms with Crippen molar-refractivity contribution in [3.05, 3.63) is 41.5 Å². The molecule has 0 spiro atoms. The molecule has 8 heteroatoms. The van der Waals surface area contributed by atoms with Crippen molar-refractivity contribution in [3.8, 4) is 0 Å². The second-order valence-electron chi connectivity index (χ2n) is 7.77. The number of pyridine rings is 1. The molecule has 1 saturated heterocycles. The zero-order chi connectivity index (χ0) is 21.1. The molecule has 1 aliphatic rings. The van der Waals surface area contributed by atoms with Gasteiger partial charge in [0.25, 0.3) is 0 Å². The van der Waals surface area contributed by atoms with Gasteiger partial charge in [0.05, 0.1) is 10.9 Å². The van der Waals surface area contributed by atoms with Crippen LogP contribution in [0.1, 0.15) is 38.4 Å². The predicted molar refractivity (Wildman–Crippen MR) is 113 cm³/mol. The van der Waals surface area contributed by atoms with Gasteiger partial charge in [-0.05, 0) is 31.7 Å². The maximum absolute atomic E-state index is 12.3. The van der Waals surface area contributed by atoms with E-state index in [1.807, 2.05) is 24.3 Å². The number of imidazole rings is 1. The molecule has 2 aromatic heterocycles. The van der Waals surface area contributed by atoms with Crippen molar-refractivity contribution in [3.63, 3.8) is 0 Å². The highest BCUT2D eigenvalue weighted by molar-refractivity contribution is 6.00. The molecule has 1 fully saturated rings. The molecule has 0 atom stereocenters. The Kier molecular flexibility index (Phi) is 6.03. The van der Waals surface area contributed by atoms with Crippen LogP contribution >= 0.6 is 0 Å². The number of carboxylic acid groups (broad SMARTS) is 1. The van der Waals surface area contributed by atoms with Gasteiger partial charge in [-0.2, -0.15) is 4.73 Å². The molecule has 0 bridgehead atoms. The molecule has 3 aromatic rings. The van der Waals surface area contributed by atoms with Crippen LogP contribution in [0.3, 0.4) is 0 Å². The molecule has 0 saturated carbocycles. The standard InChI is InChI=1S/C22H28N4O4/c1-2-20-23-18-15-26(29)19-8-4-3-7-17(19)21(18)25(20)12-6-5-11-24(22(27)28)16-9-13-30-14-10-16/h3-4,7-8,15-16H,2,5-6,9-14H2,1H3,(H,27,28). The molecule has 1 aliphatic heterocycles. The van der Waals surface area contributed by atoms with E-state index in [1.165, 1.54) is 0 Å². The zero-order valence-corrected chi connectivity index (χ0v) is 17.3. The van der Waals surface area contributed by atoms with Crippen LogP contribution in [-0.4, -0.2) is 51.5 Å². The topological polar surface area (TPSA) is 94.5 Å². The van der Waals surface area contributed by atoms with Gasteiger partial charge in [0.2, 0.25) is 11.7 Å². The highest BCUT2D eigenvalue weighted by Gasteiger charge is 2.25. The third-order valence-electron chi connectivity index (χ3n) is 5.93. The minimum absolute atomic E-state index is 0.0490. The average Bonchev–Trinajstić information content (AvgIpc) is 3.11. The van der Waals surface area contributed by atoms with E-state index >= 15 is 0 Å². The Bertz CT molecular complexity index is 1040. The van der Waals surface area contributed by atoms with Gasteiger partial charge in [-0.1, -0.05) is 19.1 Å². The van der Waals surface area contributed by atoms with Gasteiger partial charge < -0.3 is 24.5 Å². The smallest absolute Gasteiger partial charge is 0.407 e. The molecule has 1 N–H and O–H groups in total. The lowest BCUT2D eigenvalue weighted by Gasteiger charge is -2.32. The molecule has 4 rings (SSSR count).